The number of carbonyl (C=O) groups is 2. The van der Waals surface area contributed by atoms with Crippen molar-refractivity contribution >= 4 is 12.1 Å². The SMILES string of the molecule is O=C(NC1CCOCCC1C(=O)O)OCc1ccccc1. The lowest BCUT2D eigenvalue weighted by Crippen LogP contribution is -2.43. The highest BCUT2D eigenvalue weighted by atomic mass is 16.5. The Morgan fingerprint density at radius 1 is 1.24 bits per heavy atom. The Morgan fingerprint density at radius 2 is 1.95 bits per heavy atom. The van der Waals surface area contributed by atoms with Crippen LogP contribution in [0.25, 0.3) is 0 Å². The number of hydrogen-bond donors (Lipinski definition) is 2. The van der Waals surface area contributed by atoms with Crippen molar-refractivity contribution in [2.24, 2.45) is 5.92 Å². The molecule has 114 valence electrons. The third-order valence-corrected chi connectivity index (χ3v) is 3.47. The van der Waals surface area contributed by atoms with Gasteiger partial charge in [0.05, 0.1) is 5.92 Å². The van der Waals surface area contributed by atoms with Gasteiger partial charge in [-0.2, -0.15) is 0 Å². The summed E-state index contributed by atoms with van der Waals surface area (Å²) >= 11 is 0. The van der Waals surface area contributed by atoms with Gasteiger partial charge < -0.3 is 19.9 Å². The number of amides is 1. The molecule has 2 rings (SSSR count). The molecule has 2 N–H and O–H groups in total. The minimum Gasteiger partial charge on any atom is -0.481 e. The maximum absolute atomic E-state index is 11.8. The van der Waals surface area contributed by atoms with E-state index in [1.165, 1.54) is 0 Å². The molecule has 6 nitrogen and oxygen atoms in total. The van der Waals surface area contributed by atoms with Crippen LogP contribution in [-0.4, -0.2) is 36.4 Å². The van der Waals surface area contributed by atoms with Crippen molar-refractivity contribution in [1.29, 1.82) is 0 Å². The molecule has 1 aromatic carbocycles. The second kappa shape index (κ2) is 7.64. The molecule has 21 heavy (non-hydrogen) atoms. The van der Waals surface area contributed by atoms with Gasteiger partial charge >= 0.3 is 12.1 Å². The third-order valence-electron chi connectivity index (χ3n) is 3.47. The van der Waals surface area contributed by atoms with E-state index in [1.54, 1.807) is 0 Å². The molecule has 2 unspecified atom stereocenters. The highest BCUT2D eigenvalue weighted by Gasteiger charge is 2.31. The number of ether oxygens (including phenoxy) is 2. The summed E-state index contributed by atoms with van der Waals surface area (Å²) in [6.07, 6.45) is 0.258. The molecule has 0 radical (unpaired) electrons. The van der Waals surface area contributed by atoms with E-state index >= 15 is 0 Å². The number of carboxylic acid groups (broad SMARTS) is 1. The second-order valence-corrected chi connectivity index (χ2v) is 4.95. The quantitative estimate of drug-likeness (QED) is 0.884. The van der Waals surface area contributed by atoms with Crippen molar-refractivity contribution in [2.45, 2.75) is 25.5 Å². The van der Waals surface area contributed by atoms with Gasteiger partial charge in [-0.05, 0) is 18.4 Å². The largest absolute Gasteiger partial charge is 0.481 e. The van der Waals surface area contributed by atoms with Gasteiger partial charge in [0, 0.05) is 19.3 Å². The van der Waals surface area contributed by atoms with Gasteiger partial charge in [0.15, 0.2) is 0 Å². The standard InChI is InChI=1S/C15H19NO5/c17-14(18)12-6-8-20-9-7-13(12)16-15(19)21-10-11-4-2-1-3-5-11/h1-5,12-13H,6-10H2,(H,16,19)(H,17,18). The molecule has 0 bridgehead atoms. The molecule has 0 aromatic heterocycles. The summed E-state index contributed by atoms with van der Waals surface area (Å²) in [6.45, 7) is 0.995. The predicted molar refractivity (Wildman–Crippen MR) is 74.7 cm³/mol. The number of carbonyl (C=O) groups excluding carboxylic acids is 1. The molecule has 6 heteroatoms. The summed E-state index contributed by atoms with van der Waals surface area (Å²) in [5.41, 5.74) is 0.881. The first-order chi connectivity index (χ1) is 10.2. The van der Waals surface area contributed by atoms with Crippen LogP contribution < -0.4 is 5.32 Å². The van der Waals surface area contributed by atoms with E-state index in [-0.39, 0.29) is 6.61 Å². The van der Waals surface area contributed by atoms with Gasteiger partial charge in [-0.15, -0.1) is 0 Å². The Hall–Kier alpha value is -2.08. The van der Waals surface area contributed by atoms with Gasteiger partial charge in [-0.3, -0.25) is 4.79 Å². The number of rotatable bonds is 4. The first-order valence-electron chi connectivity index (χ1n) is 6.94. The summed E-state index contributed by atoms with van der Waals surface area (Å²) in [5, 5.41) is 11.8. The van der Waals surface area contributed by atoms with Crippen molar-refractivity contribution in [3.05, 3.63) is 35.9 Å². The fourth-order valence-corrected chi connectivity index (χ4v) is 2.31. The lowest BCUT2D eigenvalue weighted by Gasteiger charge is -2.21. The van der Waals surface area contributed by atoms with Crippen LogP contribution in [0.3, 0.4) is 0 Å². The third kappa shape index (κ3) is 4.75. The molecule has 1 amide bonds. The molecule has 0 aliphatic carbocycles. The van der Waals surface area contributed by atoms with Crippen molar-refractivity contribution in [3.63, 3.8) is 0 Å². The average Bonchev–Trinajstić information content (AvgIpc) is 2.72. The zero-order chi connectivity index (χ0) is 15.1. The highest BCUT2D eigenvalue weighted by molar-refractivity contribution is 5.73. The maximum atomic E-state index is 11.8. The molecule has 1 aliphatic heterocycles. The molecule has 0 saturated carbocycles. The Balaban J connectivity index is 1.86. The Labute approximate surface area is 123 Å². The molecule has 0 spiro atoms. The zero-order valence-electron chi connectivity index (χ0n) is 11.7. The van der Waals surface area contributed by atoms with Crippen molar-refractivity contribution in [1.82, 2.24) is 5.32 Å². The number of carboxylic acids is 1. The first kappa shape index (κ1) is 15.3. The second-order valence-electron chi connectivity index (χ2n) is 4.95. The van der Waals surface area contributed by atoms with Crippen LogP contribution in [0.2, 0.25) is 0 Å². The van der Waals surface area contributed by atoms with Crippen LogP contribution in [0.5, 0.6) is 0 Å². The molecule has 1 fully saturated rings. The van der Waals surface area contributed by atoms with Crippen LogP contribution in [0, 0.1) is 5.92 Å². The summed E-state index contributed by atoms with van der Waals surface area (Å²) in [4.78, 5) is 23.0. The number of benzene rings is 1. The minimum atomic E-state index is -0.922. The zero-order valence-corrected chi connectivity index (χ0v) is 11.7. The van der Waals surface area contributed by atoms with Crippen LogP contribution in [-0.2, 0) is 20.9 Å². The lowest BCUT2D eigenvalue weighted by molar-refractivity contribution is -0.142. The Morgan fingerprint density at radius 3 is 2.67 bits per heavy atom. The number of hydrogen-bond acceptors (Lipinski definition) is 4. The van der Waals surface area contributed by atoms with Crippen LogP contribution in [0.15, 0.2) is 30.3 Å². The molecular formula is C15H19NO5. The van der Waals surface area contributed by atoms with Gasteiger partial charge in [0.1, 0.15) is 6.61 Å². The van der Waals surface area contributed by atoms with Crippen LogP contribution >= 0.6 is 0 Å². The fourth-order valence-electron chi connectivity index (χ4n) is 2.31. The average molecular weight is 293 g/mol. The van der Waals surface area contributed by atoms with Crippen molar-refractivity contribution in [3.8, 4) is 0 Å². The topological polar surface area (TPSA) is 84.9 Å². The molecule has 1 saturated heterocycles. The Bertz CT molecular complexity index is 476. The maximum Gasteiger partial charge on any atom is 0.407 e. The van der Waals surface area contributed by atoms with Crippen LogP contribution in [0.4, 0.5) is 4.79 Å². The number of nitrogens with one attached hydrogen (secondary N) is 1. The first-order valence-corrected chi connectivity index (χ1v) is 6.94. The van der Waals surface area contributed by atoms with E-state index in [4.69, 9.17) is 9.47 Å². The molecule has 2 atom stereocenters. The molecular weight excluding hydrogens is 274 g/mol. The van der Waals surface area contributed by atoms with E-state index < -0.39 is 24.0 Å². The molecule has 1 aliphatic rings. The molecule has 1 aromatic rings. The fraction of sp³-hybridized carbons (Fsp3) is 0.467. The van der Waals surface area contributed by atoms with E-state index in [0.717, 1.165) is 5.56 Å². The number of alkyl carbamates (subject to hydrolysis) is 1. The summed E-state index contributed by atoms with van der Waals surface area (Å²) in [6, 6.07) is 8.85. The van der Waals surface area contributed by atoms with Crippen molar-refractivity contribution < 1.29 is 24.2 Å². The normalized spacial score (nSPS) is 22.1. The van der Waals surface area contributed by atoms with E-state index in [1.807, 2.05) is 30.3 Å². The van der Waals surface area contributed by atoms with Gasteiger partial charge in [0.2, 0.25) is 0 Å². The summed E-state index contributed by atoms with van der Waals surface area (Å²) in [7, 11) is 0. The predicted octanol–water partition coefficient (Wildman–Crippen LogP) is 1.79. The van der Waals surface area contributed by atoms with E-state index in [0.29, 0.717) is 26.1 Å². The highest BCUT2D eigenvalue weighted by Crippen LogP contribution is 2.17. The Kier molecular flexibility index (Phi) is 5.57. The monoisotopic (exact) mass is 293 g/mol. The van der Waals surface area contributed by atoms with E-state index in [9.17, 15) is 14.7 Å². The van der Waals surface area contributed by atoms with Gasteiger partial charge in [0.25, 0.3) is 0 Å². The van der Waals surface area contributed by atoms with Gasteiger partial charge in [-0.25, -0.2) is 4.79 Å². The van der Waals surface area contributed by atoms with Gasteiger partial charge in [-0.1, -0.05) is 30.3 Å². The van der Waals surface area contributed by atoms with E-state index in [2.05, 4.69) is 5.32 Å². The van der Waals surface area contributed by atoms with Crippen LogP contribution in [0.1, 0.15) is 18.4 Å². The van der Waals surface area contributed by atoms with Crippen molar-refractivity contribution in [2.75, 3.05) is 13.2 Å². The number of aliphatic carboxylic acids is 1. The minimum absolute atomic E-state index is 0.160. The summed E-state index contributed by atoms with van der Waals surface area (Å²) < 4.78 is 10.4. The smallest absolute Gasteiger partial charge is 0.407 e. The summed E-state index contributed by atoms with van der Waals surface area (Å²) in [5.74, 6) is -1.56. The molecule has 1 heterocycles. The lowest BCUT2D eigenvalue weighted by atomic mass is 9.95.